The van der Waals surface area contributed by atoms with Gasteiger partial charge in [-0.05, 0) is 83.5 Å². The average molecular weight is 755 g/mol. The van der Waals surface area contributed by atoms with Crippen molar-refractivity contribution in [3.63, 3.8) is 0 Å². The van der Waals surface area contributed by atoms with Crippen LogP contribution in [0.25, 0.3) is 0 Å². The molecule has 0 aliphatic rings. The van der Waals surface area contributed by atoms with Crippen molar-refractivity contribution in [2.24, 2.45) is 0 Å². The van der Waals surface area contributed by atoms with Gasteiger partial charge in [0.2, 0.25) is 0 Å². The van der Waals surface area contributed by atoms with Crippen LogP contribution in [-0.4, -0.2) is 37.9 Å². The molecule has 5 heteroatoms. The van der Waals surface area contributed by atoms with Crippen molar-refractivity contribution >= 4 is 11.9 Å². The number of carbonyl (C=O) groups is 2. The van der Waals surface area contributed by atoms with E-state index in [1.807, 2.05) is 0 Å². The molecule has 0 spiro atoms. The maximum absolute atomic E-state index is 12.5. The minimum Gasteiger partial charge on any atom is -0.462 e. The van der Waals surface area contributed by atoms with Crippen molar-refractivity contribution in [2.75, 3.05) is 19.8 Å². The zero-order chi connectivity index (χ0) is 39.3. The molecular formula is C49H86O5. The van der Waals surface area contributed by atoms with E-state index in [1.165, 1.54) is 89.9 Å². The summed E-state index contributed by atoms with van der Waals surface area (Å²) >= 11 is 0. The monoisotopic (exact) mass is 755 g/mol. The third-order valence-electron chi connectivity index (χ3n) is 9.54. The van der Waals surface area contributed by atoms with Gasteiger partial charge in [0.25, 0.3) is 0 Å². The van der Waals surface area contributed by atoms with Gasteiger partial charge in [0.1, 0.15) is 6.61 Å². The first-order valence-corrected chi connectivity index (χ1v) is 22.8. The topological polar surface area (TPSA) is 61.8 Å². The minimum absolute atomic E-state index is 0.0722. The summed E-state index contributed by atoms with van der Waals surface area (Å²) < 4.78 is 17.2. The Kier molecular flexibility index (Phi) is 43.0. The van der Waals surface area contributed by atoms with Gasteiger partial charge in [0, 0.05) is 19.4 Å². The third kappa shape index (κ3) is 42.3. The molecular weight excluding hydrogens is 669 g/mol. The van der Waals surface area contributed by atoms with E-state index in [2.05, 4.69) is 81.5 Å². The number of carbonyl (C=O) groups excluding carboxylic acids is 2. The molecule has 0 heterocycles. The highest BCUT2D eigenvalue weighted by Gasteiger charge is 2.17. The Labute approximate surface area is 334 Å². The fourth-order valence-corrected chi connectivity index (χ4v) is 6.14. The number of allylic oxidation sites excluding steroid dienone is 10. The molecule has 54 heavy (non-hydrogen) atoms. The summed E-state index contributed by atoms with van der Waals surface area (Å²) in [4.78, 5) is 25.0. The zero-order valence-electron chi connectivity index (χ0n) is 35.7. The first-order chi connectivity index (χ1) is 26.6. The number of ether oxygens (including phenoxy) is 3. The molecule has 0 aliphatic heterocycles. The maximum Gasteiger partial charge on any atom is 0.306 e. The Hall–Kier alpha value is -2.40. The van der Waals surface area contributed by atoms with Crippen molar-refractivity contribution < 1.29 is 23.8 Å². The molecule has 1 unspecified atom stereocenters. The second-order valence-electron chi connectivity index (χ2n) is 14.9. The second-order valence-corrected chi connectivity index (χ2v) is 14.9. The molecule has 0 bridgehead atoms. The van der Waals surface area contributed by atoms with Crippen LogP contribution in [0.1, 0.15) is 213 Å². The summed E-state index contributed by atoms with van der Waals surface area (Å²) in [6.07, 6.45) is 55.3. The lowest BCUT2D eigenvalue weighted by Crippen LogP contribution is -2.30. The van der Waals surface area contributed by atoms with Gasteiger partial charge in [0.15, 0.2) is 6.10 Å². The van der Waals surface area contributed by atoms with E-state index >= 15 is 0 Å². The molecule has 5 nitrogen and oxygen atoms in total. The first kappa shape index (κ1) is 51.6. The zero-order valence-corrected chi connectivity index (χ0v) is 35.7. The van der Waals surface area contributed by atoms with Gasteiger partial charge in [-0.25, -0.2) is 0 Å². The first-order valence-electron chi connectivity index (χ1n) is 22.8. The molecule has 0 N–H and O–H groups in total. The molecule has 0 aromatic heterocycles. The Morgan fingerprint density at radius 2 is 0.833 bits per heavy atom. The van der Waals surface area contributed by atoms with Crippen LogP contribution in [0.2, 0.25) is 0 Å². The largest absolute Gasteiger partial charge is 0.462 e. The molecule has 0 aliphatic carbocycles. The van der Waals surface area contributed by atoms with Crippen LogP contribution in [0.5, 0.6) is 0 Å². The Bertz CT molecular complexity index is 946. The van der Waals surface area contributed by atoms with Crippen LogP contribution in [0.4, 0.5) is 0 Å². The second kappa shape index (κ2) is 45.0. The van der Waals surface area contributed by atoms with Gasteiger partial charge in [-0.1, -0.05) is 178 Å². The van der Waals surface area contributed by atoms with E-state index in [1.54, 1.807) is 0 Å². The number of rotatable bonds is 41. The van der Waals surface area contributed by atoms with Gasteiger partial charge in [-0.2, -0.15) is 0 Å². The van der Waals surface area contributed by atoms with E-state index in [9.17, 15) is 9.59 Å². The van der Waals surface area contributed by atoms with Crippen LogP contribution >= 0.6 is 0 Å². The van der Waals surface area contributed by atoms with E-state index in [4.69, 9.17) is 14.2 Å². The predicted molar refractivity (Wildman–Crippen MR) is 233 cm³/mol. The summed E-state index contributed by atoms with van der Waals surface area (Å²) in [5.41, 5.74) is 0. The fourth-order valence-electron chi connectivity index (χ4n) is 6.14. The molecule has 0 fully saturated rings. The van der Waals surface area contributed by atoms with E-state index in [-0.39, 0.29) is 25.2 Å². The van der Waals surface area contributed by atoms with Crippen LogP contribution in [-0.2, 0) is 23.8 Å². The minimum atomic E-state index is -0.544. The molecule has 1 atom stereocenters. The molecule has 0 amide bonds. The highest BCUT2D eigenvalue weighted by molar-refractivity contribution is 5.70. The van der Waals surface area contributed by atoms with Crippen LogP contribution in [0.3, 0.4) is 0 Å². The predicted octanol–water partition coefficient (Wildman–Crippen LogP) is 15.0. The standard InChI is InChI=1S/C49H86O5/c1-4-7-10-13-15-17-19-21-23-24-25-27-29-31-33-35-38-41-44-52-45-47(54-49(51)43-40-36-12-9-6-3)46-53-48(50)42-39-37-34-32-30-28-26-22-20-18-16-14-11-8-5-2/h7,10,15,17,21-23,25-27,47H,4-6,8-9,11-14,16,18-20,24,28-46H2,1-3H3/b10-7-,17-15-,23-21-,26-22-,27-25-. The summed E-state index contributed by atoms with van der Waals surface area (Å²) in [7, 11) is 0. The summed E-state index contributed by atoms with van der Waals surface area (Å²) in [6, 6.07) is 0. The molecule has 0 rings (SSSR count). The summed E-state index contributed by atoms with van der Waals surface area (Å²) in [6.45, 7) is 7.59. The molecule has 0 saturated heterocycles. The van der Waals surface area contributed by atoms with E-state index in [0.29, 0.717) is 19.4 Å². The number of hydrogen-bond donors (Lipinski definition) is 0. The fraction of sp³-hybridized carbons (Fsp3) is 0.755. The lowest BCUT2D eigenvalue weighted by atomic mass is 10.1. The van der Waals surface area contributed by atoms with E-state index in [0.717, 1.165) is 89.9 Å². The van der Waals surface area contributed by atoms with E-state index < -0.39 is 6.10 Å². The van der Waals surface area contributed by atoms with Crippen molar-refractivity contribution in [3.8, 4) is 0 Å². The SMILES string of the molecule is CC/C=C\C/C=C\C/C=C\C/C=C\CCCCCCCOCC(COC(=O)CCCCCCC/C=C\CCCCCCCC)OC(=O)CCCCCCC. The Morgan fingerprint density at radius 3 is 1.35 bits per heavy atom. The lowest BCUT2D eigenvalue weighted by Gasteiger charge is -2.18. The maximum atomic E-state index is 12.5. The lowest BCUT2D eigenvalue weighted by molar-refractivity contribution is -0.163. The van der Waals surface area contributed by atoms with Gasteiger partial charge in [0.05, 0.1) is 6.61 Å². The number of esters is 2. The van der Waals surface area contributed by atoms with Gasteiger partial charge >= 0.3 is 11.9 Å². The van der Waals surface area contributed by atoms with Crippen molar-refractivity contribution in [3.05, 3.63) is 60.8 Å². The van der Waals surface area contributed by atoms with Gasteiger partial charge in [-0.3, -0.25) is 9.59 Å². The molecule has 0 aromatic rings. The smallest absolute Gasteiger partial charge is 0.306 e. The summed E-state index contributed by atoms with van der Waals surface area (Å²) in [5, 5.41) is 0. The van der Waals surface area contributed by atoms with Gasteiger partial charge < -0.3 is 14.2 Å². The Morgan fingerprint density at radius 1 is 0.426 bits per heavy atom. The molecule has 0 saturated carbocycles. The third-order valence-corrected chi connectivity index (χ3v) is 9.54. The molecule has 0 radical (unpaired) electrons. The molecule has 312 valence electrons. The van der Waals surface area contributed by atoms with Crippen molar-refractivity contribution in [1.29, 1.82) is 0 Å². The summed E-state index contributed by atoms with van der Waals surface area (Å²) in [5.74, 6) is -0.430. The Balaban J connectivity index is 4.11. The van der Waals surface area contributed by atoms with Crippen LogP contribution < -0.4 is 0 Å². The van der Waals surface area contributed by atoms with Gasteiger partial charge in [-0.15, -0.1) is 0 Å². The van der Waals surface area contributed by atoms with Crippen LogP contribution in [0.15, 0.2) is 60.8 Å². The number of unbranched alkanes of at least 4 members (excludes halogenated alkanes) is 20. The molecule has 0 aromatic carbocycles. The van der Waals surface area contributed by atoms with Crippen LogP contribution in [0, 0.1) is 0 Å². The highest BCUT2D eigenvalue weighted by Crippen LogP contribution is 2.12. The normalized spacial score (nSPS) is 12.7. The van der Waals surface area contributed by atoms with Crippen molar-refractivity contribution in [1.82, 2.24) is 0 Å². The highest BCUT2D eigenvalue weighted by atomic mass is 16.6. The quantitative estimate of drug-likeness (QED) is 0.0353. The average Bonchev–Trinajstić information content (AvgIpc) is 3.17. The van der Waals surface area contributed by atoms with Crippen molar-refractivity contribution in [2.45, 2.75) is 219 Å². The number of hydrogen-bond acceptors (Lipinski definition) is 5.